The first-order valence-corrected chi connectivity index (χ1v) is 6.79. The second kappa shape index (κ2) is 6.43. The molecule has 0 aliphatic carbocycles. The standard InChI is InChI=1S/C16H19NO4/c1-10(2)15-14(11(3)17-21-15)16(18)20-9-12-7-5-6-8-13(12)19-4/h5-8,10H,9H2,1-4H3. The molecule has 0 radical (unpaired) electrons. The van der Waals surface area contributed by atoms with Crippen molar-refractivity contribution in [1.29, 1.82) is 0 Å². The van der Waals surface area contributed by atoms with E-state index in [0.29, 0.717) is 22.8 Å². The molecule has 1 aromatic heterocycles. The summed E-state index contributed by atoms with van der Waals surface area (Å²) in [6.07, 6.45) is 0. The fourth-order valence-electron chi connectivity index (χ4n) is 2.07. The number of carbonyl (C=O) groups excluding carboxylic acids is 1. The van der Waals surface area contributed by atoms with E-state index in [4.69, 9.17) is 14.0 Å². The summed E-state index contributed by atoms with van der Waals surface area (Å²) in [5, 5.41) is 3.85. The Labute approximate surface area is 123 Å². The summed E-state index contributed by atoms with van der Waals surface area (Å²) in [5.74, 6) is 0.886. The van der Waals surface area contributed by atoms with Crippen molar-refractivity contribution in [2.45, 2.75) is 33.3 Å². The third-order valence-corrected chi connectivity index (χ3v) is 3.17. The number of nitrogens with zero attached hydrogens (tertiary/aromatic N) is 1. The number of benzene rings is 1. The number of aromatic nitrogens is 1. The van der Waals surface area contributed by atoms with Gasteiger partial charge in [-0.1, -0.05) is 37.2 Å². The number of hydrogen-bond acceptors (Lipinski definition) is 5. The minimum Gasteiger partial charge on any atom is -0.496 e. The molecule has 2 rings (SSSR count). The Bertz CT molecular complexity index is 631. The van der Waals surface area contributed by atoms with Gasteiger partial charge in [0.1, 0.15) is 17.9 Å². The van der Waals surface area contributed by atoms with Crippen molar-refractivity contribution in [3.05, 3.63) is 46.8 Å². The van der Waals surface area contributed by atoms with Gasteiger partial charge in [0, 0.05) is 11.5 Å². The summed E-state index contributed by atoms with van der Waals surface area (Å²) in [7, 11) is 1.58. The summed E-state index contributed by atoms with van der Waals surface area (Å²) in [6.45, 7) is 5.76. The van der Waals surface area contributed by atoms with E-state index in [1.165, 1.54) is 0 Å². The van der Waals surface area contributed by atoms with Crippen LogP contribution in [0.15, 0.2) is 28.8 Å². The molecular weight excluding hydrogens is 270 g/mol. The van der Waals surface area contributed by atoms with Gasteiger partial charge in [0.05, 0.1) is 12.8 Å². The lowest BCUT2D eigenvalue weighted by molar-refractivity contribution is 0.0466. The van der Waals surface area contributed by atoms with Gasteiger partial charge in [-0.05, 0) is 13.0 Å². The van der Waals surface area contributed by atoms with Gasteiger partial charge in [-0.15, -0.1) is 0 Å². The van der Waals surface area contributed by atoms with Crippen molar-refractivity contribution in [2.75, 3.05) is 7.11 Å². The van der Waals surface area contributed by atoms with E-state index < -0.39 is 5.97 Å². The highest BCUT2D eigenvalue weighted by molar-refractivity contribution is 5.91. The summed E-state index contributed by atoms with van der Waals surface area (Å²) in [4.78, 5) is 12.3. The lowest BCUT2D eigenvalue weighted by Gasteiger charge is -2.09. The Balaban J connectivity index is 2.14. The molecule has 21 heavy (non-hydrogen) atoms. The van der Waals surface area contributed by atoms with Crippen LogP contribution in [0.4, 0.5) is 0 Å². The van der Waals surface area contributed by atoms with Crippen LogP contribution in [0, 0.1) is 6.92 Å². The zero-order chi connectivity index (χ0) is 15.4. The summed E-state index contributed by atoms with van der Waals surface area (Å²) in [6, 6.07) is 7.42. The highest BCUT2D eigenvalue weighted by Gasteiger charge is 2.24. The van der Waals surface area contributed by atoms with Crippen LogP contribution in [0.1, 0.15) is 47.1 Å². The second-order valence-electron chi connectivity index (χ2n) is 5.05. The normalized spacial score (nSPS) is 10.7. The van der Waals surface area contributed by atoms with Crippen molar-refractivity contribution in [3.8, 4) is 5.75 Å². The average molecular weight is 289 g/mol. The molecule has 0 saturated heterocycles. The van der Waals surface area contributed by atoms with Crippen LogP contribution < -0.4 is 4.74 Å². The van der Waals surface area contributed by atoms with Crippen molar-refractivity contribution < 1.29 is 18.8 Å². The van der Waals surface area contributed by atoms with Crippen molar-refractivity contribution in [2.24, 2.45) is 0 Å². The van der Waals surface area contributed by atoms with Gasteiger partial charge in [-0.3, -0.25) is 0 Å². The molecule has 0 unspecified atom stereocenters. The van der Waals surface area contributed by atoms with Crippen molar-refractivity contribution >= 4 is 5.97 Å². The Morgan fingerprint density at radius 3 is 2.71 bits per heavy atom. The molecule has 0 N–H and O–H groups in total. The van der Waals surface area contributed by atoms with Crippen LogP contribution in [0.3, 0.4) is 0 Å². The van der Waals surface area contributed by atoms with E-state index in [2.05, 4.69) is 5.16 Å². The van der Waals surface area contributed by atoms with Gasteiger partial charge in [0.15, 0.2) is 5.76 Å². The number of esters is 1. The third kappa shape index (κ3) is 3.24. The molecule has 5 nitrogen and oxygen atoms in total. The predicted molar refractivity (Wildman–Crippen MR) is 77.4 cm³/mol. The van der Waals surface area contributed by atoms with Crippen molar-refractivity contribution in [3.63, 3.8) is 0 Å². The topological polar surface area (TPSA) is 61.6 Å². The van der Waals surface area contributed by atoms with Gasteiger partial charge in [-0.25, -0.2) is 4.79 Å². The van der Waals surface area contributed by atoms with E-state index >= 15 is 0 Å². The number of ether oxygens (including phenoxy) is 2. The predicted octanol–water partition coefficient (Wildman–Crippen LogP) is 3.47. The molecule has 0 aliphatic heterocycles. The molecule has 0 spiro atoms. The molecule has 1 heterocycles. The largest absolute Gasteiger partial charge is 0.496 e. The molecule has 0 bridgehead atoms. The summed E-state index contributed by atoms with van der Waals surface area (Å²) < 4.78 is 15.8. The fourth-order valence-corrected chi connectivity index (χ4v) is 2.07. The Morgan fingerprint density at radius 1 is 1.33 bits per heavy atom. The lowest BCUT2D eigenvalue weighted by atomic mass is 10.1. The van der Waals surface area contributed by atoms with Gasteiger partial charge < -0.3 is 14.0 Å². The summed E-state index contributed by atoms with van der Waals surface area (Å²) in [5.41, 5.74) is 1.78. The van der Waals surface area contributed by atoms with Crippen LogP contribution in [-0.2, 0) is 11.3 Å². The first-order chi connectivity index (χ1) is 10.0. The second-order valence-corrected chi connectivity index (χ2v) is 5.05. The lowest BCUT2D eigenvalue weighted by Crippen LogP contribution is -2.09. The molecule has 0 aliphatic rings. The zero-order valence-corrected chi connectivity index (χ0v) is 12.7. The highest BCUT2D eigenvalue weighted by atomic mass is 16.5. The zero-order valence-electron chi connectivity index (χ0n) is 12.7. The molecule has 112 valence electrons. The summed E-state index contributed by atoms with van der Waals surface area (Å²) >= 11 is 0. The van der Waals surface area contributed by atoms with Crippen LogP contribution in [0.5, 0.6) is 5.75 Å². The maximum absolute atomic E-state index is 12.3. The smallest absolute Gasteiger partial charge is 0.344 e. The van der Waals surface area contributed by atoms with E-state index in [1.807, 2.05) is 38.1 Å². The fraction of sp³-hybridized carbons (Fsp3) is 0.375. The van der Waals surface area contributed by atoms with E-state index in [1.54, 1.807) is 14.0 Å². The molecule has 0 fully saturated rings. The quantitative estimate of drug-likeness (QED) is 0.789. The number of para-hydroxylation sites is 1. The Morgan fingerprint density at radius 2 is 2.05 bits per heavy atom. The van der Waals surface area contributed by atoms with Gasteiger partial charge in [0.25, 0.3) is 0 Å². The first kappa shape index (κ1) is 15.1. The van der Waals surface area contributed by atoms with Gasteiger partial charge in [-0.2, -0.15) is 0 Å². The third-order valence-electron chi connectivity index (χ3n) is 3.17. The molecule has 1 aromatic carbocycles. The molecule has 2 aromatic rings. The number of methoxy groups -OCH3 is 1. The number of aryl methyl sites for hydroxylation is 1. The van der Waals surface area contributed by atoms with E-state index in [9.17, 15) is 4.79 Å². The SMILES string of the molecule is COc1ccccc1COC(=O)c1c(C)noc1C(C)C. The van der Waals surface area contributed by atoms with Crippen LogP contribution in [0.2, 0.25) is 0 Å². The maximum Gasteiger partial charge on any atom is 0.344 e. The van der Waals surface area contributed by atoms with Crippen LogP contribution in [0.25, 0.3) is 0 Å². The first-order valence-electron chi connectivity index (χ1n) is 6.79. The average Bonchev–Trinajstić information content (AvgIpc) is 2.87. The van der Waals surface area contributed by atoms with E-state index in [-0.39, 0.29) is 12.5 Å². The number of carbonyl (C=O) groups is 1. The molecular formula is C16H19NO4. The van der Waals surface area contributed by atoms with Crippen LogP contribution >= 0.6 is 0 Å². The van der Waals surface area contributed by atoms with Crippen LogP contribution in [-0.4, -0.2) is 18.2 Å². The number of hydrogen-bond donors (Lipinski definition) is 0. The monoisotopic (exact) mass is 289 g/mol. The molecule has 5 heteroatoms. The molecule has 0 amide bonds. The van der Waals surface area contributed by atoms with E-state index in [0.717, 1.165) is 5.56 Å². The van der Waals surface area contributed by atoms with Gasteiger partial charge >= 0.3 is 5.97 Å². The minimum atomic E-state index is -0.427. The number of rotatable bonds is 5. The van der Waals surface area contributed by atoms with Gasteiger partial charge in [0.2, 0.25) is 0 Å². The molecule has 0 atom stereocenters. The minimum absolute atomic E-state index is 0.0695. The van der Waals surface area contributed by atoms with Crippen molar-refractivity contribution in [1.82, 2.24) is 5.16 Å². The molecule has 0 saturated carbocycles. The maximum atomic E-state index is 12.3. The Kier molecular flexibility index (Phi) is 4.62. The Hall–Kier alpha value is -2.30. The highest BCUT2D eigenvalue weighted by Crippen LogP contribution is 2.24.